The number of aromatic nitrogens is 2. The normalized spacial score (nSPS) is 11.5. The van der Waals surface area contributed by atoms with Gasteiger partial charge in [0.05, 0.1) is 11.2 Å². The molecule has 16 heavy (non-hydrogen) atoms. The minimum absolute atomic E-state index is 0.123. The number of nitrogens with two attached hydrogens (primary N) is 1. The quantitative estimate of drug-likeness (QED) is 0.810. The van der Waals surface area contributed by atoms with Gasteiger partial charge in [-0.1, -0.05) is 18.3 Å². The molecule has 3 N–H and O–H groups in total. The maximum atomic E-state index is 12.0. The molecular weight excluding hydrogens is 224 g/mol. The summed E-state index contributed by atoms with van der Waals surface area (Å²) in [6, 6.07) is 0. The molecular formula is C10H18N4OS. The van der Waals surface area contributed by atoms with Crippen LogP contribution in [0.15, 0.2) is 0 Å². The van der Waals surface area contributed by atoms with Crippen molar-refractivity contribution in [1.82, 2.24) is 14.9 Å². The Kier molecular flexibility index (Phi) is 4.37. The molecule has 6 heteroatoms. The number of carbonyl (C=O) groups excluding carboxylic acids is 1. The highest BCUT2D eigenvalue weighted by Gasteiger charge is 2.28. The van der Waals surface area contributed by atoms with Gasteiger partial charge >= 0.3 is 0 Å². The van der Waals surface area contributed by atoms with Crippen LogP contribution in [0.1, 0.15) is 42.1 Å². The summed E-state index contributed by atoms with van der Waals surface area (Å²) in [5.41, 5.74) is 6.08. The first-order valence-corrected chi connectivity index (χ1v) is 6.17. The molecule has 0 fully saturated rings. The standard InChI is InChI=1S/C10H18N4OS/c1-4-10(5-2,6-11)12-9(15)8-7(3)13-14-16-8/h4-6,11H2,1-3H3,(H,12,15). The molecule has 5 nitrogen and oxygen atoms in total. The molecule has 90 valence electrons. The molecule has 0 saturated heterocycles. The lowest BCUT2D eigenvalue weighted by Gasteiger charge is -2.31. The fourth-order valence-corrected chi connectivity index (χ4v) is 2.06. The second-order valence-corrected chi connectivity index (χ2v) is 4.59. The molecule has 0 aromatic carbocycles. The second kappa shape index (κ2) is 5.36. The number of aryl methyl sites for hydroxylation is 1. The summed E-state index contributed by atoms with van der Waals surface area (Å²) in [4.78, 5) is 12.6. The fraction of sp³-hybridized carbons (Fsp3) is 0.700. The Balaban J connectivity index is 2.81. The van der Waals surface area contributed by atoms with E-state index in [0.29, 0.717) is 17.1 Å². The molecule has 1 aromatic rings. The van der Waals surface area contributed by atoms with Crippen LogP contribution in [0.3, 0.4) is 0 Å². The number of carbonyl (C=O) groups is 1. The van der Waals surface area contributed by atoms with Gasteiger partial charge in [0.15, 0.2) is 0 Å². The predicted molar refractivity (Wildman–Crippen MR) is 64.5 cm³/mol. The average Bonchev–Trinajstić information content (AvgIpc) is 2.72. The lowest BCUT2D eigenvalue weighted by molar-refractivity contribution is 0.0898. The van der Waals surface area contributed by atoms with Crippen LogP contribution in [0.2, 0.25) is 0 Å². The van der Waals surface area contributed by atoms with Gasteiger partial charge in [-0.2, -0.15) is 0 Å². The van der Waals surface area contributed by atoms with Crippen molar-refractivity contribution in [2.45, 2.75) is 39.2 Å². The maximum absolute atomic E-state index is 12.0. The van der Waals surface area contributed by atoms with E-state index in [0.717, 1.165) is 24.4 Å². The van der Waals surface area contributed by atoms with Gasteiger partial charge in [0, 0.05) is 6.54 Å². The van der Waals surface area contributed by atoms with Crippen molar-refractivity contribution < 1.29 is 4.79 Å². The van der Waals surface area contributed by atoms with Gasteiger partial charge in [-0.25, -0.2) is 0 Å². The second-order valence-electron chi connectivity index (χ2n) is 3.83. The third-order valence-corrected chi connectivity index (χ3v) is 3.81. The van der Waals surface area contributed by atoms with Gasteiger partial charge in [0.1, 0.15) is 4.88 Å². The van der Waals surface area contributed by atoms with Crippen molar-refractivity contribution >= 4 is 17.4 Å². The summed E-state index contributed by atoms with van der Waals surface area (Å²) < 4.78 is 3.75. The first-order chi connectivity index (χ1) is 7.58. The minimum Gasteiger partial charge on any atom is -0.345 e. The van der Waals surface area contributed by atoms with Crippen molar-refractivity contribution in [2.24, 2.45) is 5.73 Å². The number of rotatable bonds is 5. The zero-order valence-corrected chi connectivity index (χ0v) is 10.7. The average molecular weight is 242 g/mol. The zero-order valence-electron chi connectivity index (χ0n) is 9.91. The van der Waals surface area contributed by atoms with Gasteiger partial charge in [-0.15, -0.1) is 5.10 Å². The zero-order chi connectivity index (χ0) is 12.2. The van der Waals surface area contributed by atoms with Crippen LogP contribution in [0.4, 0.5) is 0 Å². The third kappa shape index (κ3) is 2.56. The van der Waals surface area contributed by atoms with E-state index in [1.54, 1.807) is 6.92 Å². The Labute approximate surface area is 99.6 Å². The number of amides is 1. The monoisotopic (exact) mass is 242 g/mol. The molecule has 1 heterocycles. The highest BCUT2D eigenvalue weighted by Crippen LogP contribution is 2.16. The number of hydrogen-bond donors (Lipinski definition) is 2. The molecule has 0 aliphatic carbocycles. The molecule has 1 rings (SSSR count). The van der Waals surface area contributed by atoms with Crippen LogP contribution in [-0.2, 0) is 0 Å². The molecule has 0 spiro atoms. The Morgan fingerprint density at radius 3 is 2.50 bits per heavy atom. The minimum atomic E-state index is -0.312. The highest BCUT2D eigenvalue weighted by molar-refractivity contribution is 7.08. The van der Waals surface area contributed by atoms with Crippen molar-refractivity contribution in [2.75, 3.05) is 6.54 Å². The lowest BCUT2D eigenvalue weighted by Crippen LogP contribution is -2.52. The number of nitrogens with one attached hydrogen (secondary N) is 1. The Bertz CT molecular complexity index is 351. The van der Waals surface area contributed by atoms with Crippen LogP contribution in [-0.4, -0.2) is 27.6 Å². The van der Waals surface area contributed by atoms with Gasteiger partial charge in [0.2, 0.25) is 0 Å². The molecule has 0 saturated carbocycles. The highest BCUT2D eigenvalue weighted by atomic mass is 32.1. The molecule has 0 aliphatic rings. The summed E-state index contributed by atoms with van der Waals surface area (Å²) in [5, 5.41) is 6.81. The molecule has 0 unspecified atom stereocenters. The Morgan fingerprint density at radius 2 is 2.12 bits per heavy atom. The molecule has 0 aliphatic heterocycles. The molecule has 1 aromatic heterocycles. The molecule has 0 bridgehead atoms. The number of nitrogens with zero attached hydrogens (tertiary/aromatic N) is 2. The van der Waals surface area contributed by atoms with Gasteiger partial charge < -0.3 is 11.1 Å². The van der Waals surface area contributed by atoms with Crippen LogP contribution in [0.5, 0.6) is 0 Å². The van der Waals surface area contributed by atoms with Crippen molar-refractivity contribution in [3.05, 3.63) is 10.6 Å². The third-order valence-electron chi connectivity index (χ3n) is 2.98. The Morgan fingerprint density at radius 1 is 1.50 bits per heavy atom. The van der Waals surface area contributed by atoms with E-state index in [1.165, 1.54) is 0 Å². The molecule has 0 radical (unpaired) electrons. The van der Waals surface area contributed by atoms with E-state index >= 15 is 0 Å². The smallest absolute Gasteiger partial charge is 0.265 e. The van der Waals surface area contributed by atoms with Crippen LogP contribution in [0.25, 0.3) is 0 Å². The number of hydrogen-bond acceptors (Lipinski definition) is 5. The van der Waals surface area contributed by atoms with E-state index in [1.807, 2.05) is 13.8 Å². The van der Waals surface area contributed by atoms with E-state index in [2.05, 4.69) is 14.9 Å². The predicted octanol–water partition coefficient (Wildman–Crippen LogP) is 1.09. The van der Waals surface area contributed by atoms with Gasteiger partial charge in [-0.3, -0.25) is 4.79 Å². The van der Waals surface area contributed by atoms with Crippen molar-refractivity contribution in [1.29, 1.82) is 0 Å². The summed E-state index contributed by atoms with van der Waals surface area (Å²) in [5.74, 6) is -0.123. The van der Waals surface area contributed by atoms with Crippen LogP contribution < -0.4 is 11.1 Å². The summed E-state index contributed by atoms with van der Waals surface area (Å²) in [6.07, 6.45) is 1.63. The largest absolute Gasteiger partial charge is 0.345 e. The van der Waals surface area contributed by atoms with E-state index in [-0.39, 0.29) is 11.4 Å². The summed E-state index contributed by atoms with van der Waals surface area (Å²) in [6.45, 7) is 6.26. The molecule has 0 atom stereocenters. The topological polar surface area (TPSA) is 80.9 Å². The lowest BCUT2D eigenvalue weighted by atomic mass is 9.93. The van der Waals surface area contributed by atoms with Crippen molar-refractivity contribution in [3.63, 3.8) is 0 Å². The van der Waals surface area contributed by atoms with Gasteiger partial charge in [-0.05, 0) is 31.3 Å². The first kappa shape index (κ1) is 13.1. The van der Waals surface area contributed by atoms with Gasteiger partial charge in [0.25, 0.3) is 5.91 Å². The van der Waals surface area contributed by atoms with Crippen molar-refractivity contribution in [3.8, 4) is 0 Å². The summed E-state index contributed by atoms with van der Waals surface area (Å²) in [7, 11) is 0. The first-order valence-electron chi connectivity index (χ1n) is 5.40. The fourth-order valence-electron chi connectivity index (χ4n) is 1.50. The molecule has 1 amide bonds. The van der Waals surface area contributed by atoms with E-state index in [9.17, 15) is 4.79 Å². The van der Waals surface area contributed by atoms with Crippen LogP contribution in [0, 0.1) is 6.92 Å². The SMILES string of the molecule is CCC(CC)(CN)NC(=O)c1snnc1C. The maximum Gasteiger partial charge on any atom is 0.265 e. The summed E-state index contributed by atoms with van der Waals surface area (Å²) >= 11 is 1.12. The Hall–Kier alpha value is -1.01. The van der Waals surface area contributed by atoms with E-state index < -0.39 is 0 Å². The van der Waals surface area contributed by atoms with E-state index in [4.69, 9.17) is 5.73 Å². The van der Waals surface area contributed by atoms with Crippen LogP contribution >= 0.6 is 11.5 Å².